The molecule has 1 aliphatic carbocycles. The van der Waals surface area contributed by atoms with Gasteiger partial charge in [0.05, 0.1) is 24.5 Å². The molecule has 0 unspecified atom stereocenters. The van der Waals surface area contributed by atoms with Crippen LogP contribution < -0.4 is 0 Å². The topological polar surface area (TPSA) is 49.2 Å². The van der Waals surface area contributed by atoms with E-state index in [1.807, 2.05) is 24.6 Å². The van der Waals surface area contributed by atoms with Crippen LogP contribution in [0.5, 0.6) is 0 Å². The molecule has 152 valence electrons. The number of alkyl halides is 3. The summed E-state index contributed by atoms with van der Waals surface area (Å²) in [5.74, 6) is -0.103. The molecule has 3 heterocycles. The second-order valence-corrected chi connectivity index (χ2v) is 7.80. The third kappa shape index (κ3) is 3.67. The van der Waals surface area contributed by atoms with E-state index in [4.69, 9.17) is 9.47 Å². The zero-order valence-corrected chi connectivity index (χ0v) is 16.0. The van der Waals surface area contributed by atoms with Crippen LogP contribution in [-0.2, 0) is 15.7 Å². The molecule has 2 aromatic heterocycles. The fraction of sp³-hybridized carbons (Fsp3) is 0.600. The van der Waals surface area contributed by atoms with Gasteiger partial charge in [0.2, 0.25) is 0 Å². The molecule has 5 nitrogen and oxygen atoms in total. The number of pyridine rings is 1. The Balaban J connectivity index is 1.58. The maximum Gasteiger partial charge on any atom is 0.417 e. The highest BCUT2D eigenvalue weighted by Gasteiger charge is 2.41. The minimum Gasteiger partial charge on any atom is -0.348 e. The van der Waals surface area contributed by atoms with Gasteiger partial charge in [0.1, 0.15) is 5.69 Å². The molecule has 1 saturated heterocycles. The first-order valence-corrected chi connectivity index (χ1v) is 9.68. The zero-order valence-electron chi connectivity index (χ0n) is 16.0. The van der Waals surface area contributed by atoms with E-state index in [-0.39, 0.29) is 6.04 Å². The van der Waals surface area contributed by atoms with Gasteiger partial charge in [0, 0.05) is 36.7 Å². The largest absolute Gasteiger partial charge is 0.417 e. The fourth-order valence-electron chi connectivity index (χ4n) is 4.10. The maximum absolute atomic E-state index is 12.8. The predicted molar refractivity (Wildman–Crippen MR) is 96.7 cm³/mol. The minimum absolute atomic E-state index is 0.146. The lowest BCUT2D eigenvalue weighted by molar-refractivity contribution is -0.179. The van der Waals surface area contributed by atoms with Gasteiger partial charge in [-0.05, 0) is 44.9 Å². The van der Waals surface area contributed by atoms with Gasteiger partial charge in [-0.3, -0.25) is 9.67 Å². The van der Waals surface area contributed by atoms with Crippen molar-refractivity contribution in [3.8, 4) is 11.4 Å². The summed E-state index contributed by atoms with van der Waals surface area (Å²) in [5.41, 5.74) is 1.39. The molecule has 0 atom stereocenters. The molecule has 0 amide bonds. The molecule has 1 spiro atoms. The van der Waals surface area contributed by atoms with E-state index in [1.165, 1.54) is 6.07 Å². The summed E-state index contributed by atoms with van der Waals surface area (Å²) in [6.07, 6.45) is 0.0130. The van der Waals surface area contributed by atoms with Crippen molar-refractivity contribution in [3.63, 3.8) is 0 Å². The van der Waals surface area contributed by atoms with Crippen molar-refractivity contribution in [3.05, 3.63) is 35.7 Å². The van der Waals surface area contributed by atoms with E-state index in [0.717, 1.165) is 43.6 Å². The van der Waals surface area contributed by atoms with Gasteiger partial charge in [0.25, 0.3) is 0 Å². The summed E-state index contributed by atoms with van der Waals surface area (Å²) >= 11 is 0. The van der Waals surface area contributed by atoms with E-state index < -0.39 is 17.5 Å². The maximum atomic E-state index is 12.8. The number of ether oxygens (including phenoxy) is 2. The Kier molecular flexibility index (Phi) is 4.95. The van der Waals surface area contributed by atoms with Crippen molar-refractivity contribution in [2.75, 3.05) is 13.2 Å². The van der Waals surface area contributed by atoms with Crippen LogP contribution in [0.2, 0.25) is 0 Å². The lowest BCUT2D eigenvalue weighted by Gasteiger charge is -2.35. The van der Waals surface area contributed by atoms with E-state index in [9.17, 15) is 13.2 Å². The van der Waals surface area contributed by atoms with Gasteiger partial charge in [-0.2, -0.15) is 18.3 Å². The number of halogens is 3. The summed E-state index contributed by atoms with van der Waals surface area (Å²) in [6, 6.07) is 4.55. The molecule has 8 heteroatoms. The fourth-order valence-corrected chi connectivity index (χ4v) is 4.10. The molecular formula is C20H24F3N3O2. The summed E-state index contributed by atoms with van der Waals surface area (Å²) in [4.78, 5) is 4.00. The van der Waals surface area contributed by atoms with Gasteiger partial charge in [0.15, 0.2) is 5.79 Å². The normalized spacial score (nSPS) is 20.4. The van der Waals surface area contributed by atoms with Crippen molar-refractivity contribution in [1.82, 2.24) is 14.8 Å². The van der Waals surface area contributed by atoms with E-state index in [2.05, 4.69) is 10.1 Å². The quantitative estimate of drug-likeness (QED) is 0.738. The van der Waals surface area contributed by atoms with E-state index >= 15 is 0 Å². The number of rotatable bonds is 3. The number of hydrogen-bond acceptors (Lipinski definition) is 4. The van der Waals surface area contributed by atoms with Crippen LogP contribution in [0.1, 0.15) is 62.7 Å². The Bertz CT molecular complexity index is 814. The highest BCUT2D eigenvalue weighted by Crippen LogP contribution is 2.43. The summed E-state index contributed by atoms with van der Waals surface area (Å²) in [5, 5.41) is 4.65. The molecule has 0 radical (unpaired) electrons. The second-order valence-electron chi connectivity index (χ2n) is 7.80. The van der Waals surface area contributed by atoms with Crippen molar-refractivity contribution < 1.29 is 22.6 Å². The lowest BCUT2D eigenvalue weighted by atomic mass is 9.83. The number of nitrogens with zero attached hydrogens (tertiary/aromatic N) is 3. The van der Waals surface area contributed by atoms with Crippen molar-refractivity contribution in [1.29, 1.82) is 0 Å². The van der Waals surface area contributed by atoms with Crippen LogP contribution in [0.25, 0.3) is 11.4 Å². The zero-order chi connectivity index (χ0) is 19.9. The van der Waals surface area contributed by atoms with Crippen LogP contribution in [0.3, 0.4) is 0 Å². The number of hydrogen-bond donors (Lipinski definition) is 0. The highest BCUT2D eigenvalue weighted by molar-refractivity contribution is 5.55. The van der Waals surface area contributed by atoms with Crippen LogP contribution >= 0.6 is 0 Å². The van der Waals surface area contributed by atoms with E-state index in [0.29, 0.717) is 30.5 Å². The first-order chi connectivity index (χ1) is 13.3. The van der Waals surface area contributed by atoms with Crippen molar-refractivity contribution in [2.24, 2.45) is 0 Å². The lowest BCUT2D eigenvalue weighted by Crippen LogP contribution is -2.35. The SMILES string of the molecule is CC(C)n1nc(-c2ccc(C(F)(F)F)cn2)cc1C1CCC2(CC1)OCCO2. The Labute approximate surface area is 161 Å². The smallest absolute Gasteiger partial charge is 0.348 e. The second kappa shape index (κ2) is 7.15. The predicted octanol–water partition coefficient (Wildman–Crippen LogP) is 4.95. The van der Waals surface area contributed by atoms with Gasteiger partial charge >= 0.3 is 6.18 Å². The third-order valence-electron chi connectivity index (χ3n) is 5.59. The summed E-state index contributed by atoms with van der Waals surface area (Å²) in [6.45, 7) is 5.40. The molecule has 4 rings (SSSR count). The number of aromatic nitrogens is 3. The third-order valence-corrected chi connectivity index (χ3v) is 5.59. The Hall–Kier alpha value is -1.93. The Morgan fingerprint density at radius 2 is 1.79 bits per heavy atom. The Morgan fingerprint density at radius 3 is 2.32 bits per heavy atom. The van der Waals surface area contributed by atoms with Crippen molar-refractivity contribution in [2.45, 2.75) is 63.5 Å². The molecule has 1 aliphatic heterocycles. The van der Waals surface area contributed by atoms with Gasteiger partial charge < -0.3 is 9.47 Å². The Morgan fingerprint density at radius 1 is 1.11 bits per heavy atom. The first-order valence-electron chi connectivity index (χ1n) is 9.68. The van der Waals surface area contributed by atoms with Crippen LogP contribution in [-0.4, -0.2) is 33.8 Å². The molecule has 1 saturated carbocycles. The highest BCUT2D eigenvalue weighted by atomic mass is 19.4. The summed E-state index contributed by atoms with van der Waals surface area (Å²) in [7, 11) is 0. The van der Waals surface area contributed by atoms with Crippen LogP contribution in [0, 0.1) is 0 Å². The molecule has 2 aromatic rings. The van der Waals surface area contributed by atoms with Gasteiger partial charge in [-0.15, -0.1) is 0 Å². The van der Waals surface area contributed by atoms with Crippen LogP contribution in [0.4, 0.5) is 13.2 Å². The molecule has 0 N–H and O–H groups in total. The van der Waals surface area contributed by atoms with Crippen LogP contribution in [0.15, 0.2) is 24.4 Å². The monoisotopic (exact) mass is 395 g/mol. The first kappa shape index (κ1) is 19.4. The summed E-state index contributed by atoms with van der Waals surface area (Å²) < 4.78 is 51.9. The van der Waals surface area contributed by atoms with Gasteiger partial charge in [-0.25, -0.2) is 0 Å². The standard InChI is InChI=1S/C20H24F3N3O2/c1-13(2)26-18(14-5-7-19(8-6-14)27-9-10-28-19)11-17(25-26)16-4-3-15(12-24-16)20(21,22)23/h3-4,11-14H,5-10H2,1-2H3. The molecular weight excluding hydrogens is 371 g/mol. The average Bonchev–Trinajstić information content (AvgIpc) is 3.30. The molecule has 2 fully saturated rings. The minimum atomic E-state index is -4.39. The van der Waals surface area contributed by atoms with Crippen molar-refractivity contribution >= 4 is 0 Å². The molecule has 0 bridgehead atoms. The van der Waals surface area contributed by atoms with E-state index in [1.54, 1.807) is 0 Å². The average molecular weight is 395 g/mol. The van der Waals surface area contributed by atoms with Gasteiger partial charge in [-0.1, -0.05) is 0 Å². The molecule has 28 heavy (non-hydrogen) atoms. The molecule has 0 aromatic carbocycles. The molecule has 2 aliphatic rings.